The molecule has 0 spiro atoms. The fourth-order valence-electron chi connectivity index (χ4n) is 1.56. The molecular weight excluding hydrogens is 172 g/mol. The molecule has 0 atom stereocenters. The summed E-state index contributed by atoms with van der Waals surface area (Å²) in [7, 11) is 2.02. The molecule has 0 aliphatic heterocycles. The molecule has 2 nitrogen and oxygen atoms in total. The predicted octanol–water partition coefficient (Wildman–Crippen LogP) is 2.87. The second-order valence-corrected chi connectivity index (χ2v) is 4.81. The molecule has 0 fully saturated rings. The maximum absolute atomic E-state index is 4.47. The third kappa shape index (κ3) is 1.41. The smallest absolute Gasteiger partial charge is 0.139 e. The Balaban J connectivity index is 2.63. The summed E-state index contributed by atoms with van der Waals surface area (Å²) < 4.78 is 2.04. The second-order valence-electron chi connectivity index (χ2n) is 4.81. The largest absolute Gasteiger partial charge is 0.336 e. The third-order valence-electron chi connectivity index (χ3n) is 2.57. The molecule has 2 heterocycles. The van der Waals surface area contributed by atoms with E-state index in [1.165, 1.54) is 10.9 Å². The van der Waals surface area contributed by atoms with E-state index in [9.17, 15) is 0 Å². The van der Waals surface area contributed by atoms with Crippen molar-refractivity contribution >= 4 is 11.0 Å². The summed E-state index contributed by atoms with van der Waals surface area (Å²) in [6.07, 6.45) is 4.02. The normalized spacial score (nSPS) is 12.3. The van der Waals surface area contributed by atoms with Crippen molar-refractivity contribution in [3.8, 4) is 0 Å². The van der Waals surface area contributed by atoms with E-state index in [-0.39, 0.29) is 5.41 Å². The van der Waals surface area contributed by atoms with Crippen LogP contribution in [0.5, 0.6) is 0 Å². The number of aromatic nitrogens is 2. The standard InChI is InChI=1S/C12H16N2/c1-12(2,3)10-7-9-5-6-14(4)11(9)13-8-10/h5-8H,1-4H3. The molecule has 0 N–H and O–H groups in total. The Hall–Kier alpha value is -1.31. The molecule has 2 aromatic heterocycles. The van der Waals surface area contributed by atoms with E-state index in [4.69, 9.17) is 0 Å². The van der Waals surface area contributed by atoms with Crippen LogP contribution in [0.2, 0.25) is 0 Å². The summed E-state index contributed by atoms with van der Waals surface area (Å²) >= 11 is 0. The van der Waals surface area contributed by atoms with Gasteiger partial charge in [0.25, 0.3) is 0 Å². The molecule has 0 saturated carbocycles. The SMILES string of the molecule is Cn1ccc2cc(C(C)(C)C)cnc21. The quantitative estimate of drug-likeness (QED) is 0.621. The summed E-state index contributed by atoms with van der Waals surface area (Å²) in [5.74, 6) is 0. The van der Waals surface area contributed by atoms with Gasteiger partial charge in [0, 0.05) is 24.8 Å². The lowest BCUT2D eigenvalue weighted by atomic mass is 9.88. The summed E-state index contributed by atoms with van der Waals surface area (Å²) in [5.41, 5.74) is 2.52. The Morgan fingerprint density at radius 2 is 2.00 bits per heavy atom. The van der Waals surface area contributed by atoms with E-state index in [0.717, 1.165) is 5.65 Å². The van der Waals surface area contributed by atoms with E-state index < -0.39 is 0 Å². The molecule has 0 saturated heterocycles. The van der Waals surface area contributed by atoms with Crippen molar-refractivity contribution in [3.05, 3.63) is 30.1 Å². The van der Waals surface area contributed by atoms with Gasteiger partial charge in [-0.15, -0.1) is 0 Å². The van der Waals surface area contributed by atoms with E-state index >= 15 is 0 Å². The first-order chi connectivity index (χ1) is 6.48. The van der Waals surface area contributed by atoms with Crippen molar-refractivity contribution < 1.29 is 0 Å². The first-order valence-corrected chi connectivity index (χ1v) is 4.90. The lowest BCUT2D eigenvalue weighted by molar-refractivity contribution is 0.588. The maximum atomic E-state index is 4.47. The minimum Gasteiger partial charge on any atom is -0.336 e. The van der Waals surface area contributed by atoms with Crippen LogP contribution in [0.3, 0.4) is 0 Å². The first kappa shape index (κ1) is 9.25. The van der Waals surface area contributed by atoms with E-state index in [1.54, 1.807) is 0 Å². The van der Waals surface area contributed by atoms with Crippen LogP contribution in [0.25, 0.3) is 11.0 Å². The van der Waals surface area contributed by atoms with Crippen LogP contribution in [0.1, 0.15) is 26.3 Å². The van der Waals surface area contributed by atoms with Crippen LogP contribution in [0.4, 0.5) is 0 Å². The third-order valence-corrected chi connectivity index (χ3v) is 2.57. The highest BCUT2D eigenvalue weighted by molar-refractivity contribution is 5.76. The molecule has 2 heteroatoms. The zero-order chi connectivity index (χ0) is 10.3. The Labute approximate surface area is 84.6 Å². The van der Waals surface area contributed by atoms with E-state index in [0.29, 0.717) is 0 Å². The van der Waals surface area contributed by atoms with Crippen LogP contribution in [-0.4, -0.2) is 9.55 Å². The van der Waals surface area contributed by atoms with Gasteiger partial charge >= 0.3 is 0 Å². The van der Waals surface area contributed by atoms with Crippen LogP contribution in [0.15, 0.2) is 24.5 Å². The topological polar surface area (TPSA) is 17.8 Å². The molecule has 0 amide bonds. The van der Waals surface area contributed by atoms with Gasteiger partial charge in [0.1, 0.15) is 5.65 Å². The van der Waals surface area contributed by atoms with Crippen molar-refractivity contribution in [2.75, 3.05) is 0 Å². The van der Waals surface area contributed by atoms with Crippen LogP contribution >= 0.6 is 0 Å². The predicted molar refractivity (Wildman–Crippen MR) is 59.4 cm³/mol. The number of aryl methyl sites for hydroxylation is 1. The van der Waals surface area contributed by atoms with Crippen molar-refractivity contribution in [2.24, 2.45) is 7.05 Å². The highest BCUT2D eigenvalue weighted by atomic mass is 15.0. The Morgan fingerprint density at radius 3 is 2.64 bits per heavy atom. The average molecular weight is 188 g/mol. The zero-order valence-corrected chi connectivity index (χ0v) is 9.20. The van der Waals surface area contributed by atoms with Crippen LogP contribution in [0, 0.1) is 0 Å². The van der Waals surface area contributed by atoms with E-state index in [1.807, 2.05) is 24.0 Å². The van der Waals surface area contributed by atoms with Gasteiger partial charge in [-0.2, -0.15) is 0 Å². The number of rotatable bonds is 0. The number of hydrogen-bond donors (Lipinski definition) is 0. The Bertz CT molecular complexity index is 461. The lowest BCUT2D eigenvalue weighted by Crippen LogP contribution is -2.11. The summed E-state index contributed by atoms with van der Waals surface area (Å²) in [6.45, 7) is 6.62. The van der Waals surface area contributed by atoms with Crippen LogP contribution < -0.4 is 0 Å². The molecule has 0 bridgehead atoms. The second kappa shape index (κ2) is 2.84. The summed E-state index contributed by atoms with van der Waals surface area (Å²) in [6, 6.07) is 4.33. The monoisotopic (exact) mass is 188 g/mol. The maximum Gasteiger partial charge on any atom is 0.139 e. The molecule has 14 heavy (non-hydrogen) atoms. The Kier molecular flexibility index (Phi) is 1.88. The summed E-state index contributed by atoms with van der Waals surface area (Å²) in [5, 5.41) is 1.22. The zero-order valence-electron chi connectivity index (χ0n) is 9.20. The van der Waals surface area contributed by atoms with Gasteiger partial charge in [-0.1, -0.05) is 20.8 Å². The molecule has 74 valence electrons. The van der Waals surface area contributed by atoms with Gasteiger partial charge in [-0.05, 0) is 23.1 Å². The summed E-state index contributed by atoms with van der Waals surface area (Å²) in [4.78, 5) is 4.47. The fourth-order valence-corrected chi connectivity index (χ4v) is 1.56. The van der Waals surface area contributed by atoms with Crippen molar-refractivity contribution in [1.82, 2.24) is 9.55 Å². The molecule has 2 rings (SSSR count). The van der Waals surface area contributed by atoms with Crippen molar-refractivity contribution in [2.45, 2.75) is 26.2 Å². The van der Waals surface area contributed by atoms with Gasteiger partial charge in [-0.3, -0.25) is 0 Å². The lowest BCUT2D eigenvalue weighted by Gasteiger charge is -2.18. The van der Waals surface area contributed by atoms with Gasteiger partial charge in [0.2, 0.25) is 0 Å². The molecular formula is C12H16N2. The van der Waals surface area contributed by atoms with Gasteiger partial charge < -0.3 is 4.57 Å². The molecule has 2 aromatic rings. The van der Waals surface area contributed by atoms with Crippen molar-refractivity contribution in [1.29, 1.82) is 0 Å². The number of pyridine rings is 1. The van der Waals surface area contributed by atoms with Gasteiger partial charge in [-0.25, -0.2) is 4.98 Å². The molecule has 0 unspecified atom stereocenters. The molecule has 0 radical (unpaired) electrons. The molecule has 0 aliphatic rings. The Morgan fingerprint density at radius 1 is 1.29 bits per heavy atom. The highest BCUT2D eigenvalue weighted by Crippen LogP contribution is 2.24. The van der Waals surface area contributed by atoms with Gasteiger partial charge in [0.15, 0.2) is 0 Å². The van der Waals surface area contributed by atoms with Crippen LogP contribution in [-0.2, 0) is 12.5 Å². The number of nitrogens with zero attached hydrogens (tertiary/aromatic N) is 2. The van der Waals surface area contributed by atoms with E-state index in [2.05, 4.69) is 37.9 Å². The number of fused-ring (bicyclic) bond motifs is 1. The number of hydrogen-bond acceptors (Lipinski definition) is 1. The molecule has 0 aliphatic carbocycles. The van der Waals surface area contributed by atoms with Gasteiger partial charge in [0.05, 0.1) is 0 Å². The minimum atomic E-state index is 0.178. The fraction of sp³-hybridized carbons (Fsp3) is 0.417. The minimum absolute atomic E-state index is 0.178. The van der Waals surface area contributed by atoms with Crippen molar-refractivity contribution in [3.63, 3.8) is 0 Å². The average Bonchev–Trinajstić information content (AvgIpc) is 2.46. The molecule has 0 aromatic carbocycles. The highest BCUT2D eigenvalue weighted by Gasteiger charge is 2.14. The first-order valence-electron chi connectivity index (χ1n) is 4.90.